The van der Waals surface area contributed by atoms with Gasteiger partial charge in [0.1, 0.15) is 5.82 Å². The smallest absolute Gasteiger partial charge is 0.152 e. The van der Waals surface area contributed by atoms with E-state index in [-0.39, 0.29) is 5.54 Å². The second-order valence-corrected chi connectivity index (χ2v) is 5.93. The molecule has 0 radical (unpaired) electrons. The lowest BCUT2D eigenvalue weighted by Gasteiger charge is -2.24. The molecule has 1 aromatic heterocycles. The minimum absolute atomic E-state index is 0.0403. The molecule has 0 spiro atoms. The van der Waals surface area contributed by atoms with Gasteiger partial charge in [-0.1, -0.05) is 12.1 Å². The number of aryl methyl sites for hydroxylation is 1. The van der Waals surface area contributed by atoms with Crippen LogP contribution >= 0.6 is 0 Å². The van der Waals surface area contributed by atoms with E-state index in [2.05, 4.69) is 58.7 Å². The lowest BCUT2D eigenvalue weighted by atomic mass is 10.1. The standard InChI is InChI=1S/C15H23N5/c1-11-17-14(20-19-11)9-10-16-12-7-5-6-8-13(12)18-15(2,3)4/h5-8,16,18H,9-10H2,1-4H3,(H,17,19,20). The van der Waals surface area contributed by atoms with E-state index in [0.29, 0.717) is 0 Å². The molecule has 108 valence electrons. The highest BCUT2D eigenvalue weighted by Gasteiger charge is 2.11. The molecule has 0 amide bonds. The maximum absolute atomic E-state index is 4.30. The number of hydrogen-bond acceptors (Lipinski definition) is 4. The summed E-state index contributed by atoms with van der Waals surface area (Å²) in [6.45, 7) is 9.17. The first-order valence-corrected chi connectivity index (χ1v) is 6.93. The molecule has 0 fully saturated rings. The van der Waals surface area contributed by atoms with E-state index in [0.717, 1.165) is 36.0 Å². The monoisotopic (exact) mass is 273 g/mol. The van der Waals surface area contributed by atoms with Gasteiger partial charge in [-0.25, -0.2) is 4.98 Å². The Morgan fingerprint density at radius 3 is 2.45 bits per heavy atom. The summed E-state index contributed by atoms with van der Waals surface area (Å²) < 4.78 is 0. The van der Waals surface area contributed by atoms with E-state index in [4.69, 9.17) is 0 Å². The molecule has 0 aliphatic rings. The molecule has 5 nitrogen and oxygen atoms in total. The van der Waals surface area contributed by atoms with Gasteiger partial charge in [-0.3, -0.25) is 5.10 Å². The van der Waals surface area contributed by atoms with Crippen molar-refractivity contribution in [1.82, 2.24) is 15.2 Å². The predicted octanol–water partition coefficient (Wildman–Crippen LogP) is 2.98. The summed E-state index contributed by atoms with van der Waals surface area (Å²) in [5.74, 6) is 1.70. The third kappa shape index (κ3) is 4.26. The Bertz CT molecular complexity index is 553. The van der Waals surface area contributed by atoms with Crippen molar-refractivity contribution < 1.29 is 0 Å². The largest absolute Gasteiger partial charge is 0.383 e. The first-order valence-electron chi connectivity index (χ1n) is 6.93. The molecule has 0 aliphatic heterocycles. The number of aromatic nitrogens is 3. The minimum Gasteiger partial charge on any atom is -0.383 e. The summed E-state index contributed by atoms with van der Waals surface area (Å²) in [7, 11) is 0. The summed E-state index contributed by atoms with van der Waals surface area (Å²) in [4.78, 5) is 4.30. The highest BCUT2D eigenvalue weighted by molar-refractivity contribution is 5.69. The first-order chi connectivity index (χ1) is 9.44. The first kappa shape index (κ1) is 14.4. The summed E-state index contributed by atoms with van der Waals surface area (Å²) >= 11 is 0. The Balaban J connectivity index is 1.95. The van der Waals surface area contributed by atoms with Gasteiger partial charge in [-0.15, -0.1) is 0 Å². The van der Waals surface area contributed by atoms with Crippen LogP contribution in [0.5, 0.6) is 0 Å². The molecule has 0 unspecified atom stereocenters. The lowest BCUT2D eigenvalue weighted by Crippen LogP contribution is -2.26. The van der Waals surface area contributed by atoms with Gasteiger partial charge in [0.15, 0.2) is 5.82 Å². The van der Waals surface area contributed by atoms with Crippen molar-refractivity contribution in [3.8, 4) is 0 Å². The summed E-state index contributed by atoms with van der Waals surface area (Å²) in [5, 5.41) is 13.9. The van der Waals surface area contributed by atoms with Crippen molar-refractivity contribution in [1.29, 1.82) is 0 Å². The van der Waals surface area contributed by atoms with Gasteiger partial charge < -0.3 is 10.6 Å². The number of benzene rings is 1. The molecule has 0 saturated heterocycles. The molecule has 0 bridgehead atoms. The third-order valence-corrected chi connectivity index (χ3v) is 2.74. The zero-order valence-electron chi connectivity index (χ0n) is 12.6. The zero-order valence-corrected chi connectivity index (χ0v) is 12.6. The van der Waals surface area contributed by atoms with Crippen molar-refractivity contribution in [3.05, 3.63) is 35.9 Å². The number of nitrogens with one attached hydrogen (secondary N) is 3. The molecular formula is C15H23N5. The quantitative estimate of drug-likeness (QED) is 0.783. The van der Waals surface area contributed by atoms with Gasteiger partial charge in [0.05, 0.1) is 11.4 Å². The Morgan fingerprint density at radius 1 is 1.15 bits per heavy atom. The van der Waals surface area contributed by atoms with Crippen molar-refractivity contribution in [2.45, 2.75) is 39.7 Å². The van der Waals surface area contributed by atoms with Crippen LogP contribution < -0.4 is 10.6 Å². The van der Waals surface area contributed by atoms with Gasteiger partial charge in [0, 0.05) is 18.5 Å². The number of aromatic amines is 1. The Morgan fingerprint density at radius 2 is 1.85 bits per heavy atom. The zero-order chi connectivity index (χ0) is 14.6. The van der Waals surface area contributed by atoms with Gasteiger partial charge in [-0.2, -0.15) is 5.10 Å². The van der Waals surface area contributed by atoms with Crippen LogP contribution in [0, 0.1) is 6.92 Å². The highest BCUT2D eigenvalue weighted by atomic mass is 15.2. The van der Waals surface area contributed by atoms with Crippen LogP contribution in [0.3, 0.4) is 0 Å². The van der Waals surface area contributed by atoms with E-state index in [1.54, 1.807) is 0 Å². The van der Waals surface area contributed by atoms with Crippen molar-refractivity contribution in [2.75, 3.05) is 17.2 Å². The number of H-pyrrole nitrogens is 1. The molecule has 2 rings (SSSR count). The summed E-state index contributed by atoms with van der Waals surface area (Å²) in [6.07, 6.45) is 0.800. The number of rotatable bonds is 5. The molecule has 2 aromatic rings. The van der Waals surface area contributed by atoms with Crippen LogP contribution in [0.15, 0.2) is 24.3 Å². The van der Waals surface area contributed by atoms with E-state index >= 15 is 0 Å². The van der Waals surface area contributed by atoms with Crippen LogP contribution in [0.4, 0.5) is 11.4 Å². The average Bonchev–Trinajstić information content (AvgIpc) is 2.75. The summed E-state index contributed by atoms with van der Waals surface area (Å²) in [5.41, 5.74) is 2.26. The normalized spacial score (nSPS) is 11.4. The Hall–Kier alpha value is -2.04. The second kappa shape index (κ2) is 5.94. The summed E-state index contributed by atoms with van der Waals surface area (Å²) in [6, 6.07) is 8.24. The molecule has 0 saturated carbocycles. The third-order valence-electron chi connectivity index (χ3n) is 2.74. The molecular weight excluding hydrogens is 250 g/mol. The Labute approximate surface area is 120 Å². The molecule has 0 aliphatic carbocycles. The van der Waals surface area contributed by atoms with Crippen molar-refractivity contribution in [3.63, 3.8) is 0 Å². The van der Waals surface area contributed by atoms with Crippen LogP contribution in [0.1, 0.15) is 32.4 Å². The van der Waals surface area contributed by atoms with E-state index < -0.39 is 0 Å². The molecule has 0 atom stereocenters. The fraction of sp³-hybridized carbons (Fsp3) is 0.467. The number of para-hydroxylation sites is 2. The predicted molar refractivity (Wildman–Crippen MR) is 83.1 cm³/mol. The molecule has 3 N–H and O–H groups in total. The Kier molecular flexibility index (Phi) is 4.27. The number of anilines is 2. The van der Waals surface area contributed by atoms with Crippen molar-refractivity contribution in [2.24, 2.45) is 0 Å². The van der Waals surface area contributed by atoms with E-state index in [9.17, 15) is 0 Å². The molecule has 20 heavy (non-hydrogen) atoms. The lowest BCUT2D eigenvalue weighted by molar-refractivity contribution is 0.634. The minimum atomic E-state index is 0.0403. The van der Waals surface area contributed by atoms with E-state index in [1.807, 2.05) is 19.1 Å². The highest BCUT2D eigenvalue weighted by Crippen LogP contribution is 2.24. The fourth-order valence-corrected chi connectivity index (χ4v) is 1.96. The maximum Gasteiger partial charge on any atom is 0.152 e. The maximum atomic E-state index is 4.30. The molecule has 1 heterocycles. The fourth-order valence-electron chi connectivity index (χ4n) is 1.96. The van der Waals surface area contributed by atoms with E-state index in [1.165, 1.54) is 0 Å². The van der Waals surface area contributed by atoms with Gasteiger partial charge in [-0.05, 0) is 39.8 Å². The average molecular weight is 273 g/mol. The number of nitrogens with zero attached hydrogens (tertiary/aromatic N) is 2. The second-order valence-electron chi connectivity index (χ2n) is 5.93. The van der Waals surface area contributed by atoms with Gasteiger partial charge in [0.25, 0.3) is 0 Å². The van der Waals surface area contributed by atoms with Crippen LogP contribution in [0.25, 0.3) is 0 Å². The van der Waals surface area contributed by atoms with Crippen LogP contribution in [-0.4, -0.2) is 27.3 Å². The van der Waals surface area contributed by atoms with Crippen LogP contribution in [0.2, 0.25) is 0 Å². The molecule has 5 heteroatoms. The molecule has 1 aromatic carbocycles. The van der Waals surface area contributed by atoms with Gasteiger partial charge in [0.2, 0.25) is 0 Å². The van der Waals surface area contributed by atoms with Crippen LogP contribution in [-0.2, 0) is 6.42 Å². The topological polar surface area (TPSA) is 65.6 Å². The van der Waals surface area contributed by atoms with Crippen molar-refractivity contribution >= 4 is 11.4 Å². The number of hydrogen-bond donors (Lipinski definition) is 3. The SMILES string of the molecule is Cc1nc(CCNc2ccccc2NC(C)(C)C)n[nH]1. The van der Waals surface area contributed by atoms with Gasteiger partial charge >= 0.3 is 0 Å².